The van der Waals surface area contributed by atoms with Crippen LogP contribution in [0.1, 0.15) is 13.8 Å². The normalized spacial score (nSPS) is 12.9. The van der Waals surface area contributed by atoms with E-state index in [1.807, 2.05) is 19.9 Å². The van der Waals surface area contributed by atoms with Crippen molar-refractivity contribution in [2.75, 3.05) is 0 Å². The molecule has 0 bridgehead atoms. The van der Waals surface area contributed by atoms with Crippen LogP contribution in [0.2, 0.25) is 6.04 Å². The number of carbonyl (C=O) groups is 1. The zero-order valence-corrected chi connectivity index (χ0v) is 7.26. The molecule has 52 valence electrons. The Morgan fingerprint density at radius 1 is 1.78 bits per heavy atom. The summed E-state index contributed by atoms with van der Waals surface area (Å²) in [7, 11) is -0.450. The Balaban J connectivity index is 3.39. The fourth-order valence-electron chi connectivity index (χ4n) is 0.448. The van der Waals surface area contributed by atoms with Crippen LogP contribution in [0, 0.1) is 0 Å². The van der Waals surface area contributed by atoms with Gasteiger partial charge in [-0.25, -0.2) is 0 Å². The van der Waals surface area contributed by atoms with Gasteiger partial charge < -0.3 is 5.11 Å². The van der Waals surface area contributed by atoms with Gasteiger partial charge in [0, 0.05) is 6.04 Å². The molecule has 0 heterocycles. The second-order valence-corrected chi connectivity index (χ2v) is 4.14. The second kappa shape index (κ2) is 4.32. The second-order valence-electron chi connectivity index (χ2n) is 2.03. The van der Waals surface area contributed by atoms with E-state index < -0.39 is 15.5 Å². The van der Waals surface area contributed by atoms with E-state index >= 15 is 0 Å². The van der Waals surface area contributed by atoms with Crippen molar-refractivity contribution >= 4 is 15.5 Å². The van der Waals surface area contributed by atoms with Gasteiger partial charge in [0.15, 0.2) is 0 Å². The molecule has 0 radical (unpaired) electrons. The number of rotatable bonds is 3. The van der Waals surface area contributed by atoms with Crippen molar-refractivity contribution < 1.29 is 9.90 Å². The Morgan fingerprint density at radius 2 is 2.33 bits per heavy atom. The summed E-state index contributed by atoms with van der Waals surface area (Å²) in [6, 6.07) is 0.385. The topological polar surface area (TPSA) is 37.3 Å². The first-order chi connectivity index (χ1) is 4.16. The van der Waals surface area contributed by atoms with Crippen LogP contribution >= 0.6 is 0 Å². The summed E-state index contributed by atoms with van der Waals surface area (Å²) in [6.07, 6.45) is 2.00. The minimum atomic E-state index is -0.664. The molecule has 0 aliphatic rings. The maximum Gasteiger partial charge on any atom is 0.300 e. The summed E-state index contributed by atoms with van der Waals surface area (Å²) in [5.41, 5.74) is 0. The van der Waals surface area contributed by atoms with Gasteiger partial charge in [-0.3, -0.25) is 4.79 Å². The standard InChI is InChI=1S/C6H12O2Si/c1-3-5(2)9-4-6(7)8/h3H,4,9H2,1-2H3,(H,7,8). The molecule has 0 aliphatic heterocycles. The van der Waals surface area contributed by atoms with Crippen molar-refractivity contribution in [2.45, 2.75) is 19.9 Å². The van der Waals surface area contributed by atoms with Gasteiger partial charge >= 0.3 is 0 Å². The summed E-state index contributed by atoms with van der Waals surface area (Å²) >= 11 is 0. The van der Waals surface area contributed by atoms with Crippen molar-refractivity contribution in [1.82, 2.24) is 0 Å². The maximum absolute atomic E-state index is 10.0. The molecule has 0 unspecified atom stereocenters. The van der Waals surface area contributed by atoms with Gasteiger partial charge in [-0.1, -0.05) is 11.3 Å². The SMILES string of the molecule is CC=C(C)[SiH2]CC(=O)O. The first-order valence-electron chi connectivity index (χ1n) is 3.00. The lowest BCUT2D eigenvalue weighted by atomic mass is 10.6. The average Bonchev–Trinajstić information content (AvgIpc) is 1.83. The molecule has 0 spiro atoms. The number of aliphatic carboxylic acids is 1. The lowest BCUT2D eigenvalue weighted by Crippen LogP contribution is -2.01. The summed E-state index contributed by atoms with van der Waals surface area (Å²) in [4.78, 5) is 10.0. The molecule has 0 amide bonds. The summed E-state index contributed by atoms with van der Waals surface area (Å²) in [5.74, 6) is -0.664. The van der Waals surface area contributed by atoms with Crippen molar-refractivity contribution in [3.05, 3.63) is 11.3 Å². The van der Waals surface area contributed by atoms with Crippen LogP contribution in [0.15, 0.2) is 11.3 Å². The van der Waals surface area contributed by atoms with Crippen LogP contribution in [0.5, 0.6) is 0 Å². The Kier molecular flexibility index (Phi) is 4.04. The molecule has 0 fully saturated rings. The fourth-order valence-corrected chi connectivity index (χ4v) is 1.35. The molecule has 0 saturated heterocycles. The summed E-state index contributed by atoms with van der Waals surface area (Å²) < 4.78 is 0. The third kappa shape index (κ3) is 5.30. The quantitative estimate of drug-likeness (QED) is 0.588. The highest BCUT2D eigenvalue weighted by atomic mass is 28.2. The van der Waals surface area contributed by atoms with Crippen LogP contribution in [-0.2, 0) is 4.79 Å². The highest BCUT2D eigenvalue weighted by Crippen LogP contribution is 1.91. The summed E-state index contributed by atoms with van der Waals surface area (Å²) in [5, 5.41) is 9.54. The molecule has 3 heteroatoms. The van der Waals surface area contributed by atoms with E-state index in [0.717, 1.165) is 0 Å². The molecule has 1 N–H and O–H groups in total. The Labute approximate surface area is 57.4 Å². The van der Waals surface area contributed by atoms with Gasteiger partial charge in [0.05, 0.1) is 9.52 Å². The largest absolute Gasteiger partial charge is 0.481 e. The lowest BCUT2D eigenvalue weighted by Gasteiger charge is -1.92. The van der Waals surface area contributed by atoms with Gasteiger partial charge in [-0.15, -0.1) is 0 Å². The first kappa shape index (κ1) is 8.43. The van der Waals surface area contributed by atoms with E-state index in [9.17, 15) is 4.79 Å². The molecule has 0 aromatic heterocycles. The monoisotopic (exact) mass is 144 g/mol. The first-order valence-corrected chi connectivity index (χ1v) is 4.71. The van der Waals surface area contributed by atoms with Crippen LogP contribution in [-0.4, -0.2) is 20.6 Å². The third-order valence-corrected chi connectivity index (χ3v) is 3.10. The van der Waals surface area contributed by atoms with E-state index in [1.54, 1.807) is 0 Å². The van der Waals surface area contributed by atoms with Crippen molar-refractivity contribution in [1.29, 1.82) is 0 Å². The van der Waals surface area contributed by atoms with Crippen molar-refractivity contribution in [3.63, 3.8) is 0 Å². The zero-order valence-electron chi connectivity index (χ0n) is 5.85. The summed E-state index contributed by atoms with van der Waals surface area (Å²) in [6.45, 7) is 3.94. The zero-order chi connectivity index (χ0) is 7.28. The molecule has 0 saturated carbocycles. The number of carboxylic acids is 1. The predicted octanol–water partition coefficient (Wildman–Crippen LogP) is 0.582. The van der Waals surface area contributed by atoms with E-state index in [-0.39, 0.29) is 0 Å². The molecule has 0 rings (SSSR count). The number of allylic oxidation sites excluding steroid dienone is 2. The predicted molar refractivity (Wildman–Crippen MR) is 40.4 cm³/mol. The van der Waals surface area contributed by atoms with Gasteiger partial charge in [0.1, 0.15) is 0 Å². The highest BCUT2D eigenvalue weighted by molar-refractivity contribution is 6.49. The van der Waals surface area contributed by atoms with E-state index in [2.05, 4.69) is 0 Å². The van der Waals surface area contributed by atoms with Crippen LogP contribution < -0.4 is 0 Å². The Hall–Kier alpha value is -0.573. The van der Waals surface area contributed by atoms with Gasteiger partial charge in [0.25, 0.3) is 5.97 Å². The molecular weight excluding hydrogens is 132 g/mol. The van der Waals surface area contributed by atoms with Gasteiger partial charge in [-0.05, 0) is 13.8 Å². The highest BCUT2D eigenvalue weighted by Gasteiger charge is 1.96. The van der Waals surface area contributed by atoms with E-state index in [4.69, 9.17) is 5.11 Å². The van der Waals surface area contributed by atoms with E-state index in [0.29, 0.717) is 6.04 Å². The van der Waals surface area contributed by atoms with E-state index in [1.165, 1.54) is 5.20 Å². The van der Waals surface area contributed by atoms with Crippen LogP contribution in [0.4, 0.5) is 0 Å². The fraction of sp³-hybridized carbons (Fsp3) is 0.500. The maximum atomic E-state index is 10.0. The third-order valence-electron chi connectivity index (χ3n) is 1.23. The smallest absolute Gasteiger partial charge is 0.300 e. The molecule has 0 aromatic carbocycles. The average molecular weight is 144 g/mol. The van der Waals surface area contributed by atoms with Crippen molar-refractivity contribution in [3.8, 4) is 0 Å². The molecule has 0 aliphatic carbocycles. The molecule has 0 atom stereocenters. The lowest BCUT2D eigenvalue weighted by molar-refractivity contribution is -0.134. The van der Waals surface area contributed by atoms with Crippen molar-refractivity contribution in [2.24, 2.45) is 0 Å². The number of hydrogen-bond acceptors (Lipinski definition) is 1. The van der Waals surface area contributed by atoms with Crippen LogP contribution in [0.3, 0.4) is 0 Å². The minimum Gasteiger partial charge on any atom is -0.481 e. The molecule has 2 nitrogen and oxygen atoms in total. The Bertz CT molecular complexity index is 129. The molecule has 9 heavy (non-hydrogen) atoms. The van der Waals surface area contributed by atoms with Gasteiger partial charge in [0.2, 0.25) is 0 Å². The molecule has 0 aromatic rings. The number of carboxylic acid groups (broad SMARTS) is 1. The minimum absolute atomic E-state index is 0.385. The van der Waals surface area contributed by atoms with Crippen LogP contribution in [0.25, 0.3) is 0 Å². The number of hydrogen-bond donors (Lipinski definition) is 1. The molecular formula is C6H12O2Si. The van der Waals surface area contributed by atoms with Gasteiger partial charge in [-0.2, -0.15) is 0 Å². The Morgan fingerprint density at radius 3 is 2.67 bits per heavy atom.